The number of β-amino-alcohol motifs (C(OH)–C–C–N with tert-alkyl or cyclic N) is 1. The molecular formula is C12H15ClN2O2. The van der Waals surface area contributed by atoms with Gasteiger partial charge in [0.2, 0.25) is 0 Å². The van der Waals surface area contributed by atoms with Gasteiger partial charge < -0.3 is 15.3 Å². The van der Waals surface area contributed by atoms with Crippen LogP contribution in [0.1, 0.15) is 18.5 Å². The lowest BCUT2D eigenvalue weighted by molar-refractivity contribution is 0.0259. The first kappa shape index (κ1) is 12.2. The van der Waals surface area contributed by atoms with Gasteiger partial charge in [-0.15, -0.1) is 0 Å². The van der Waals surface area contributed by atoms with E-state index in [1.165, 1.54) is 0 Å². The van der Waals surface area contributed by atoms with Crippen molar-refractivity contribution in [3.05, 3.63) is 34.9 Å². The average molecular weight is 255 g/mol. The van der Waals surface area contributed by atoms with Gasteiger partial charge in [-0.05, 0) is 18.6 Å². The predicted molar refractivity (Wildman–Crippen MR) is 66.0 cm³/mol. The number of amides is 2. The van der Waals surface area contributed by atoms with Crippen molar-refractivity contribution in [3.8, 4) is 0 Å². The quantitative estimate of drug-likeness (QED) is 0.845. The molecule has 1 heterocycles. The van der Waals surface area contributed by atoms with Crippen LogP contribution in [-0.4, -0.2) is 35.2 Å². The second-order valence-electron chi connectivity index (χ2n) is 4.25. The third-order valence-corrected chi connectivity index (χ3v) is 3.21. The molecule has 0 aromatic heterocycles. The molecule has 17 heavy (non-hydrogen) atoms. The van der Waals surface area contributed by atoms with E-state index in [-0.39, 0.29) is 18.2 Å². The van der Waals surface area contributed by atoms with Crippen LogP contribution in [-0.2, 0) is 0 Å². The first-order chi connectivity index (χ1) is 8.08. The smallest absolute Gasteiger partial charge is 0.318 e. The van der Waals surface area contributed by atoms with Crippen molar-refractivity contribution in [1.29, 1.82) is 0 Å². The highest BCUT2D eigenvalue weighted by molar-refractivity contribution is 6.31. The van der Waals surface area contributed by atoms with E-state index >= 15 is 0 Å². The first-order valence-electron chi connectivity index (χ1n) is 5.56. The zero-order chi connectivity index (χ0) is 12.4. The number of carbonyl (C=O) groups excluding carboxylic acids is 1. The summed E-state index contributed by atoms with van der Waals surface area (Å²) in [6.07, 6.45) is -0.378. The highest BCUT2D eigenvalue weighted by Crippen LogP contribution is 2.22. The second kappa shape index (κ2) is 4.94. The zero-order valence-corrected chi connectivity index (χ0v) is 10.3. The Morgan fingerprint density at radius 2 is 2.18 bits per heavy atom. The number of nitrogens with one attached hydrogen (secondary N) is 1. The van der Waals surface area contributed by atoms with Crippen LogP contribution in [0.2, 0.25) is 5.02 Å². The van der Waals surface area contributed by atoms with E-state index in [2.05, 4.69) is 5.32 Å². The summed E-state index contributed by atoms with van der Waals surface area (Å²) < 4.78 is 0. The van der Waals surface area contributed by atoms with Gasteiger partial charge >= 0.3 is 6.03 Å². The number of rotatable bonds is 2. The van der Waals surface area contributed by atoms with Crippen LogP contribution in [0.3, 0.4) is 0 Å². The molecule has 1 unspecified atom stereocenters. The molecule has 1 aliphatic heterocycles. The van der Waals surface area contributed by atoms with Gasteiger partial charge in [-0.1, -0.05) is 29.8 Å². The summed E-state index contributed by atoms with van der Waals surface area (Å²) in [5.41, 5.74) is 0.892. The maximum absolute atomic E-state index is 11.7. The fourth-order valence-electron chi connectivity index (χ4n) is 1.80. The number of nitrogens with zero attached hydrogens (tertiary/aromatic N) is 1. The number of halogens is 1. The monoisotopic (exact) mass is 254 g/mol. The van der Waals surface area contributed by atoms with E-state index in [0.29, 0.717) is 18.1 Å². The molecule has 1 aromatic rings. The van der Waals surface area contributed by atoms with Gasteiger partial charge in [-0.3, -0.25) is 0 Å². The molecule has 4 nitrogen and oxygen atoms in total. The second-order valence-corrected chi connectivity index (χ2v) is 4.66. The first-order valence-corrected chi connectivity index (χ1v) is 5.93. The summed E-state index contributed by atoms with van der Waals surface area (Å²) in [5, 5.41) is 12.6. The minimum absolute atomic E-state index is 0.144. The van der Waals surface area contributed by atoms with Gasteiger partial charge in [0.1, 0.15) is 0 Å². The van der Waals surface area contributed by atoms with E-state index in [1.54, 1.807) is 11.0 Å². The van der Waals surface area contributed by atoms with E-state index in [4.69, 9.17) is 16.7 Å². The predicted octanol–water partition coefficient (Wildman–Crippen LogP) is 1.79. The molecular weight excluding hydrogens is 240 g/mol. The number of hydrogen-bond acceptors (Lipinski definition) is 2. The summed E-state index contributed by atoms with van der Waals surface area (Å²) in [5.74, 6) is 0. The van der Waals surface area contributed by atoms with Crippen LogP contribution in [0.25, 0.3) is 0 Å². The summed E-state index contributed by atoms with van der Waals surface area (Å²) >= 11 is 6.05. The lowest BCUT2D eigenvalue weighted by Gasteiger charge is -2.36. The highest BCUT2D eigenvalue weighted by Gasteiger charge is 2.29. The molecule has 0 spiro atoms. The average Bonchev–Trinajstić information content (AvgIpc) is 2.25. The van der Waals surface area contributed by atoms with Gasteiger partial charge in [0, 0.05) is 5.02 Å². The number of likely N-dealkylation sites (tertiary alicyclic amines) is 1. The van der Waals surface area contributed by atoms with Crippen molar-refractivity contribution >= 4 is 17.6 Å². The third-order valence-electron chi connectivity index (χ3n) is 2.86. The van der Waals surface area contributed by atoms with Crippen molar-refractivity contribution in [2.45, 2.75) is 19.1 Å². The van der Waals surface area contributed by atoms with Crippen LogP contribution in [0, 0.1) is 0 Å². The van der Waals surface area contributed by atoms with Crippen molar-refractivity contribution < 1.29 is 9.90 Å². The van der Waals surface area contributed by atoms with Crippen molar-refractivity contribution in [1.82, 2.24) is 10.2 Å². The maximum Gasteiger partial charge on any atom is 0.318 e. The Kier molecular flexibility index (Phi) is 3.54. The molecule has 0 aliphatic carbocycles. The van der Waals surface area contributed by atoms with Crippen molar-refractivity contribution in [3.63, 3.8) is 0 Å². The van der Waals surface area contributed by atoms with E-state index in [0.717, 1.165) is 5.56 Å². The summed E-state index contributed by atoms with van der Waals surface area (Å²) in [6.45, 7) is 2.69. The van der Waals surface area contributed by atoms with Crippen LogP contribution in [0.5, 0.6) is 0 Å². The van der Waals surface area contributed by atoms with Crippen LogP contribution in [0.4, 0.5) is 4.79 Å². The van der Waals surface area contributed by atoms with E-state index < -0.39 is 0 Å². The Morgan fingerprint density at radius 3 is 2.76 bits per heavy atom. The SMILES string of the molecule is CC(NC(=O)N1CC(O)C1)c1ccccc1Cl. The van der Waals surface area contributed by atoms with Crippen molar-refractivity contribution in [2.24, 2.45) is 0 Å². The van der Waals surface area contributed by atoms with E-state index in [1.807, 2.05) is 25.1 Å². The van der Waals surface area contributed by atoms with Crippen LogP contribution >= 0.6 is 11.6 Å². The molecule has 5 heteroatoms. The van der Waals surface area contributed by atoms with Gasteiger partial charge in [0.15, 0.2) is 0 Å². The molecule has 1 saturated heterocycles. The standard InChI is InChI=1S/C12H15ClN2O2/c1-8(10-4-2-3-5-11(10)13)14-12(17)15-6-9(16)7-15/h2-5,8-9,16H,6-7H2,1H3,(H,14,17). The van der Waals surface area contributed by atoms with Gasteiger partial charge in [0.25, 0.3) is 0 Å². The molecule has 2 amide bonds. The lowest BCUT2D eigenvalue weighted by Crippen LogP contribution is -2.56. The minimum Gasteiger partial charge on any atom is -0.389 e. The molecule has 1 fully saturated rings. The summed E-state index contributed by atoms with van der Waals surface area (Å²) in [4.78, 5) is 13.3. The topological polar surface area (TPSA) is 52.6 Å². The van der Waals surface area contributed by atoms with Crippen molar-refractivity contribution in [2.75, 3.05) is 13.1 Å². The normalized spacial score (nSPS) is 17.5. The number of aliphatic hydroxyl groups is 1. The van der Waals surface area contributed by atoms with Crippen LogP contribution in [0.15, 0.2) is 24.3 Å². The molecule has 1 aromatic carbocycles. The summed E-state index contributed by atoms with van der Waals surface area (Å²) in [7, 11) is 0. The molecule has 0 bridgehead atoms. The largest absolute Gasteiger partial charge is 0.389 e. The Bertz CT molecular complexity index is 419. The minimum atomic E-state index is -0.378. The lowest BCUT2D eigenvalue weighted by atomic mass is 10.1. The molecule has 2 rings (SSSR count). The number of hydrogen-bond donors (Lipinski definition) is 2. The molecule has 0 radical (unpaired) electrons. The van der Waals surface area contributed by atoms with E-state index in [9.17, 15) is 4.79 Å². The highest BCUT2D eigenvalue weighted by atomic mass is 35.5. The van der Waals surface area contributed by atoms with Gasteiger partial charge in [-0.2, -0.15) is 0 Å². The Hall–Kier alpha value is -1.26. The van der Waals surface area contributed by atoms with Gasteiger partial charge in [-0.25, -0.2) is 4.79 Å². The summed E-state index contributed by atoms with van der Waals surface area (Å²) in [6, 6.07) is 7.12. The molecule has 0 saturated carbocycles. The van der Waals surface area contributed by atoms with Gasteiger partial charge in [0.05, 0.1) is 25.2 Å². The fourth-order valence-corrected chi connectivity index (χ4v) is 2.10. The molecule has 92 valence electrons. The molecule has 1 atom stereocenters. The Balaban J connectivity index is 1.95. The van der Waals surface area contributed by atoms with Crippen LogP contribution < -0.4 is 5.32 Å². The third kappa shape index (κ3) is 2.70. The molecule has 2 N–H and O–H groups in total. The fraction of sp³-hybridized carbons (Fsp3) is 0.417. The number of aliphatic hydroxyl groups excluding tert-OH is 1. The number of urea groups is 1. The molecule has 1 aliphatic rings. The zero-order valence-electron chi connectivity index (χ0n) is 9.56. The Morgan fingerprint density at radius 1 is 1.53 bits per heavy atom. The number of carbonyl (C=O) groups is 1. The maximum atomic E-state index is 11.7. The Labute approximate surface area is 105 Å². The number of benzene rings is 1.